The fourth-order valence-corrected chi connectivity index (χ4v) is 3.15. The summed E-state index contributed by atoms with van der Waals surface area (Å²) in [6, 6.07) is 6.06. The SMILES string of the molecule is CC(C)(C#N)c1nc(-c2ccc(Cl)s2)cs1. The van der Waals surface area contributed by atoms with Crippen LogP contribution in [-0.2, 0) is 5.41 Å². The molecule has 0 atom stereocenters. The molecule has 0 amide bonds. The van der Waals surface area contributed by atoms with Crippen molar-refractivity contribution < 1.29 is 0 Å². The highest BCUT2D eigenvalue weighted by Gasteiger charge is 2.24. The molecule has 0 aliphatic heterocycles. The van der Waals surface area contributed by atoms with E-state index in [-0.39, 0.29) is 0 Å². The van der Waals surface area contributed by atoms with E-state index >= 15 is 0 Å². The lowest BCUT2D eigenvalue weighted by molar-refractivity contribution is 0.680. The summed E-state index contributed by atoms with van der Waals surface area (Å²) in [5.41, 5.74) is 0.379. The first-order valence-corrected chi connectivity index (χ1v) is 6.73. The maximum absolute atomic E-state index is 9.03. The van der Waals surface area contributed by atoms with Crippen molar-refractivity contribution in [1.82, 2.24) is 4.98 Å². The molecule has 2 aromatic heterocycles. The molecule has 0 saturated heterocycles. The van der Waals surface area contributed by atoms with Crippen LogP contribution in [-0.4, -0.2) is 4.98 Å². The van der Waals surface area contributed by atoms with Crippen molar-refractivity contribution in [1.29, 1.82) is 5.26 Å². The molecule has 0 saturated carbocycles. The Hall–Kier alpha value is -0.890. The summed E-state index contributed by atoms with van der Waals surface area (Å²) < 4.78 is 0.754. The lowest BCUT2D eigenvalue weighted by Gasteiger charge is -2.09. The third-order valence-corrected chi connectivity index (χ3v) is 4.56. The number of hydrogen-bond acceptors (Lipinski definition) is 4. The molecular weight excluding hydrogens is 260 g/mol. The Bertz CT molecular complexity index is 548. The number of nitrogens with zero attached hydrogens (tertiary/aromatic N) is 2. The molecule has 2 aromatic rings. The zero-order chi connectivity index (χ0) is 11.8. The molecule has 0 aromatic carbocycles. The van der Waals surface area contributed by atoms with E-state index < -0.39 is 5.41 Å². The number of hydrogen-bond donors (Lipinski definition) is 0. The van der Waals surface area contributed by atoms with Crippen molar-refractivity contribution in [2.24, 2.45) is 0 Å². The molecule has 16 heavy (non-hydrogen) atoms. The van der Waals surface area contributed by atoms with Crippen molar-refractivity contribution >= 4 is 34.3 Å². The first-order valence-electron chi connectivity index (χ1n) is 4.66. The molecule has 0 N–H and O–H groups in total. The molecular formula is C11H9ClN2S2. The molecule has 0 aliphatic rings. The van der Waals surface area contributed by atoms with Gasteiger partial charge in [-0.25, -0.2) is 4.98 Å². The third-order valence-electron chi connectivity index (χ3n) is 2.14. The van der Waals surface area contributed by atoms with Crippen LogP contribution in [0.1, 0.15) is 18.9 Å². The van der Waals surface area contributed by atoms with Gasteiger partial charge in [0.1, 0.15) is 10.4 Å². The fourth-order valence-electron chi connectivity index (χ4n) is 1.17. The van der Waals surface area contributed by atoms with Crippen LogP contribution in [0.25, 0.3) is 10.6 Å². The van der Waals surface area contributed by atoms with E-state index in [0.717, 1.165) is 19.9 Å². The highest BCUT2D eigenvalue weighted by Crippen LogP contribution is 2.34. The van der Waals surface area contributed by atoms with E-state index in [2.05, 4.69) is 11.1 Å². The van der Waals surface area contributed by atoms with Crippen LogP contribution in [0, 0.1) is 11.3 Å². The molecule has 0 unspecified atom stereocenters. The summed E-state index contributed by atoms with van der Waals surface area (Å²) in [6.07, 6.45) is 0. The van der Waals surface area contributed by atoms with Gasteiger partial charge in [-0.2, -0.15) is 5.26 Å². The molecule has 0 spiro atoms. The predicted octanol–water partition coefficient (Wildman–Crippen LogP) is 4.33. The van der Waals surface area contributed by atoms with Gasteiger partial charge in [-0.1, -0.05) is 11.6 Å². The maximum atomic E-state index is 9.03. The Morgan fingerprint density at radius 3 is 2.75 bits per heavy atom. The average Bonchev–Trinajstić information content (AvgIpc) is 2.85. The maximum Gasteiger partial charge on any atom is 0.113 e. The highest BCUT2D eigenvalue weighted by molar-refractivity contribution is 7.19. The largest absolute Gasteiger partial charge is 0.239 e. The van der Waals surface area contributed by atoms with Crippen LogP contribution in [0.3, 0.4) is 0 Å². The second-order valence-electron chi connectivity index (χ2n) is 3.88. The summed E-state index contributed by atoms with van der Waals surface area (Å²) in [5, 5.41) is 11.8. The van der Waals surface area contributed by atoms with Crippen LogP contribution in [0.15, 0.2) is 17.5 Å². The lowest BCUT2D eigenvalue weighted by Crippen LogP contribution is -2.13. The van der Waals surface area contributed by atoms with Gasteiger partial charge < -0.3 is 0 Å². The molecule has 2 nitrogen and oxygen atoms in total. The summed E-state index contributed by atoms with van der Waals surface area (Å²) in [5.74, 6) is 0. The molecule has 0 aliphatic carbocycles. The minimum absolute atomic E-state index is 0.524. The Labute approximate surface area is 107 Å². The molecule has 82 valence electrons. The Kier molecular flexibility index (Phi) is 3.02. The van der Waals surface area contributed by atoms with Crippen LogP contribution in [0.4, 0.5) is 0 Å². The van der Waals surface area contributed by atoms with Gasteiger partial charge in [0.25, 0.3) is 0 Å². The van der Waals surface area contributed by atoms with Gasteiger partial charge in [0.05, 0.1) is 21.0 Å². The van der Waals surface area contributed by atoms with E-state index in [9.17, 15) is 0 Å². The van der Waals surface area contributed by atoms with E-state index in [1.165, 1.54) is 22.7 Å². The number of rotatable bonds is 2. The van der Waals surface area contributed by atoms with E-state index in [1.807, 2.05) is 31.4 Å². The standard InChI is InChI=1S/C11H9ClN2S2/c1-11(2,6-13)10-14-7(5-15-10)8-3-4-9(12)16-8/h3-5H,1-2H3. The Morgan fingerprint density at radius 1 is 1.44 bits per heavy atom. The smallest absolute Gasteiger partial charge is 0.113 e. The van der Waals surface area contributed by atoms with Gasteiger partial charge in [0.2, 0.25) is 0 Å². The van der Waals surface area contributed by atoms with Gasteiger partial charge in [-0.15, -0.1) is 22.7 Å². The van der Waals surface area contributed by atoms with Gasteiger partial charge in [0.15, 0.2) is 0 Å². The summed E-state index contributed by atoms with van der Waals surface area (Å²) in [6.45, 7) is 3.74. The van der Waals surface area contributed by atoms with Crippen molar-refractivity contribution in [2.75, 3.05) is 0 Å². The van der Waals surface area contributed by atoms with Gasteiger partial charge in [-0.3, -0.25) is 0 Å². The van der Waals surface area contributed by atoms with Crippen LogP contribution in [0.2, 0.25) is 4.34 Å². The van der Waals surface area contributed by atoms with Crippen LogP contribution < -0.4 is 0 Å². The zero-order valence-corrected chi connectivity index (χ0v) is 11.2. The van der Waals surface area contributed by atoms with E-state index in [1.54, 1.807) is 0 Å². The third kappa shape index (κ3) is 2.12. The first-order chi connectivity index (χ1) is 7.53. The molecule has 0 fully saturated rings. The number of aromatic nitrogens is 1. The predicted molar refractivity (Wildman–Crippen MR) is 69.1 cm³/mol. The molecule has 0 bridgehead atoms. The quantitative estimate of drug-likeness (QED) is 0.813. The van der Waals surface area contributed by atoms with Crippen LogP contribution >= 0.6 is 34.3 Å². The molecule has 5 heteroatoms. The summed E-state index contributed by atoms with van der Waals surface area (Å²) in [4.78, 5) is 5.53. The van der Waals surface area contributed by atoms with Crippen LogP contribution in [0.5, 0.6) is 0 Å². The van der Waals surface area contributed by atoms with Crippen molar-refractivity contribution in [3.63, 3.8) is 0 Å². The van der Waals surface area contributed by atoms with Gasteiger partial charge >= 0.3 is 0 Å². The second kappa shape index (κ2) is 4.17. The Morgan fingerprint density at radius 2 is 2.19 bits per heavy atom. The summed E-state index contributed by atoms with van der Waals surface area (Å²) >= 11 is 8.89. The number of nitriles is 1. The lowest BCUT2D eigenvalue weighted by atomic mass is 9.97. The molecule has 2 rings (SSSR count). The normalized spacial score (nSPS) is 11.4. The minimum atomic E-state index is -0.524. The van der Waals surface area contributed by atoms with Crippen molar-refractivity contribution in [2.45, 2.75) is 19.3 Å². The molecule has 2 heterocycles. The number of thiazole rings is 1. The number of thiophene rings is 1. The monoisotopic (exact) mass is 268 g/mol. The Balaban J connectivity index is 2.38. The van der Waals surface area contributed by atoms with E-state index in [0.29, 0.717) is 0 Å². The number of halogens is 1. The van der Waals surface area contributed by atoms with E-state index in [4.69, 9.17) is 16.9 Å². The average molecular weight is 269 g/mol. The van der Waals surface area contributed by atoms with Crippen molar-refractivity contribution in [3.05, 3.63) is 26.9 Å². The van der Waals surface area contributed by atoms with Gasteiger partial charge in [-0.05, 0) is 26.0 Å². The molecule has 0 radical (unpaired) electrons. The second-order valence-corrected chi connectivity index (χ2v) is 6.45. The fraction of sp³-hybridized carbons (Fsp3) is 0.273. The highest BCUT2D eigenvalue weighted by atomic mass is 35.5. The van der Waals surface area contributed by atoms with Gasteiger partial charge in [0, 0.05) is 5.38 Å². The first kappa shape index (κ1) is 11.6. The topological polar surface area (TPSA) is 36.7 Å². The minimum Gasteiger partial charge on any atom is -0.239 e. The zero-order valence-electron chi connectivity index (χ0n) is 8.82. The van der Waals surface area contributed by atoms with Crippen molar-refractivity contribution in [3.8, 4) is 16.6 Å². The summed E-state index contributed by atoms with van der Waals surface area (Å²) in [7, 11) is 0.